The van der Waals surface area contributed by atoms with E-state index in [0.717, 1.165) is 19.4 Å². The molecule has 0 aromatic carbocycles. The highest BCUT2D eigenvalue weighted by Crippen LogP contribution is 2.35. The molecule has 2 fully saturated rings. The molecule has 2 N–H and O–H groups in total. The maximum Gasteiger partial charge on any atom is 0.317 e. The second kappa shape index (κ2) is 6.02. The molecule has 0 bridgehead atoms. The lowest BCUT2D eigenvalue weighted by Crippen LogP contribution is -2.54. The average Bonchev–Trinajstić information content (AvgIpc) is 2.44. The summed E-state index contributed by atoms with van der Waals surface area (Å²) in [5.74, 6) is -0.234. The van der Waals surface area contributed by atoms with Crippen molar-refractivity contribution >= 4 is 12.0 Å². The van der Waals surface area contributed by atoms with Gasteiger partial charge in [-0.25, -0.2) is 4.79 Å². The molecule has 1 heterocycles. The van der Waals surface area contributed by atoms with Gasteiger partial charge in [0.1, 0.15) is 0 Å². The van der Waals surface area contributed by atoms with Crippen LogP contribution in [0.25, 0.3) is 0 Å². The molecule has 114 valence electrons. The SMILES string of the molecule is CC(C)(CNC(=O)N1CCC[C@H]2CCCC[C@H]21)C(=O)O. The number of piperidine rings is 1. The maximum absolute atomic E-state index is 12.3. The number of aliphatic carboxylic acids is 1. The highest BCUT2D eigenvalue weighted by molar-refractivity contribution is 5.78. The summed E-state index contributed by atoms with van der Waals surface area (Å²) in [5.41, 5.74) is -0.919. The molecule has 5 nitrogen and oxygen atoms in total. The van der Waals surface area contributed by atoms with Gasteiger partial charge in [-0.2, -0.15) is 0 Å². The first-order valence-corrected chi connectivity index (χ1v) is 7.70. The molecular weight excluding hydrogens is 256 g/mol. The van der Waals surface area contributed by atoms with Crippen molar-refractivity contribution in [2.75, 3.05) is 13.1 Å². The fourth-order valence-corrected chi connectivity index (χ4v) is 3.35. The number of carboxylic acids is 1. The monoisotopic (exact) mass is 282 g/mol. The van der Waals surface area contributed by atoms with E-state index in [1.807, 2.05) is 4.90 Å². The van der Waals surface area contributed by atoms with Gasteiger partial charge in [0.05, 0.1) is 5.41 Å². The maximum atomic E-state index is 12.3. The molecule has 5 heteroatoms. The molecule has 20 heavy (non-hydrogen) atoms. The van der Waals surface area contributed by atoms with Gasteiger partial charge >= 0.3 is 12.0 Å². The lowest BCUT2D eigenvalue weighted by molar-refractivity contribution is -0.146. The van der Waals surface area contributed by atoms with E-state index in [2.05, 4.69) is 5.32 Å². The Kier molecular flexibility index (Phi) is 4.55. The van der Waals surface area contributed by atoms with Crippen molar-refractivity contribution in [1.29, 1.82) is 0 Å². The zero-order valence-corrected chi connectivity index (χ0v) is 12.5. The van der Waals surface area contributed by atoms with Crippen molar-refractivity contribution < 1.29 is 14.7 Å². The minimum atomic E-state index is -0.919. The molecule has 0 aromatic heterocycles. The number of nitrogens with zero attached hydrogens (tertiary/aromatic N) is 1. The minimum absolute atomic E-state index is 0.0871. The number of likely N-dealkylation sites (tertiary alicyclic amines) is 1. The number of urea groups is 1. The van der Waals surface area contributed by atoms with Crippen LogP contribution in [0.2, 0.25) is 0 Å². The Bertz CT molecular complexity index is 379. The molecule has 0 radical (unpaired) electrons. The lowest BCUT2D eigenvalue weighted by Gasteiger charge is -2.44. The largest absolute Gasteiger partial charge is 0.481 e. The third-order valence-corrected chi connectivity index (χ3v) is 4.76. The second-order valence-corrected chi connectivity index (χ2v) is 6.80. The quantitative estimate of drug-likeness (QED) is 0.835. The third-order valence-electron chi connectivity index (χ3n) is 4.76. The summed E-state index contributed by atoms with van der Waals surface area (Å²) in [7, 11) is 0. The summed E-state index contributed by atoms with van der Waals surface area (Å²) in [6.45, 7) is 4.25. The van der Waals surface area contributed by atoms with Gasteiger partial charge in [0.2, 0.25) is 0 Å². The van der Waals surface area contributed by atoms with Crippen molar-refractivity contribution in [3.63, 3.8) is 0 Å². The van der Waals surface area contributed by atoms with Gasteiger partial charge in [-0.05, 0) is 45.4 Å². The molecule has 0 spiro atoms. The predicted molar refractivity (Wildman–Crippen MR) is 76.5 cm³/mol. The van der Waals surface area contributed by atoms with Crippen LogP contribution in [0.15, 0.2) is 0 Å². The van der Waals surface area contributed by atoms with E-state index in [-0.39, 0.29) is 12.6 Å². The van der Waals surface area contributed by atoms with E-state index in [1.165, 1.54) is 25.7 Å². The Morgan fingerprint density at radius 2 is 1.85 bits per heavy atom. The molecular formula is C15H26N2O3. The third kappa shape index (κ3) is 3.25. The first-order chi connectivity index (χ1) is 9.42. The molecule has 2 aliphatic rings. The van der Waals surface area contributed by atoms with Crippen LogP contribution in [0.3, 0.4) is 0 Å². The highest BCUT2D eigenvalue weighted by Gasteiger charge is 2.36. The first-order valence-electron chi connectivity index (χ1n) is 7.70. The number of fused-ring (bicyclic) bond motifs is 1. The average molecular weight is 282 g/mol. The number of rotatable bonds is 3. The van der Waals surface area contributed by atoms with Crippen molar-refractivity contribution in [1.82, 2.24) is 10.2 Å². The molecule has 0 unspecified atom stereocenters. The van der Waals surface area contributed by atoms with Crippen LogP contribution in [0, 0.1) is 11.3 Å². The van der Waals surface area contributed by atoms with Gasteiger partial charge in [0.25, 0.3) is 0 Å². The summed E-state index contributed by atoms with van der Waals surface area (Å²) in [6, 6.07) is 0.279. The number of nitrogens with one attached hydrogen (secondary N) is 1. The van der Waals surface area contributed by atoms with Crippen molar-refractivity contribution in [2.45, 2.75) is 58.4 Å². The van der Waals surface area contributed by atoms with Gasteiger partial charge in [-0.15, -0.1) is 0 Å². The van der Waals surface area contributed by atoms with Crippen molar-refractivity contribution in [2.24, 2.45) is 11.3 Å². The smallest absolute Gasteiger partial charge is 0.317 e. The van der Waals surface area contributed by atoms with E-state index in [4.69, 9.17) is 5.11 Å². The molecule has 1 aliphatic heterocycles. The number of carbonyl (C=O) groups is 2. The molecule has 1 aliphatic carbocycles. The number of carboxylic acid groups (broad SMARTS) is 1. The number of hydrogen-bond acceptors (Lipinski definition) is 2. The van der Waals surface area contributed by atoms with E-state index in [1.54, 1.807) is 13.8 Å². The molecule has 2 rings (SSSR count). The number of hydrogen-bond donors (Lipinski definition) is 2. The molecule has 0 aromatic rings. The fourth-order valence-electron chi connectivity index (χ4n) is 3.35. The van der Waals surface area contributed by atoms with Crippen molar-refractivity contribution in [3.05, 3.63) is 0 Å². The topological polar surface area (TPSA) is 69.6 Å². The predicted octanol–water partition coefficient (Wildman–Crippen LogP) is 2.46. The zero-order chi connectivity index (χ0) is 14.8. The molecule has 2 amide bonds. The first kappa shape index (κ1) is 15.1. The van der Waals surface area contributed by atoms with Crippen LogP contribution >= 0.6 is 0 Å². The summed E-state index contributed by atoms with van der Waals surface area (Å²) in [6.07, 6.45) is 7.11. The van der Waals surface area contributed by atoms with E-state index >= 15 is 0 Å². The van der Waals surface area contributed by atoms with Crippen LogP contribution in [0.1, 0.15) is 52.4 Å². The lowest BCUT2D eigenvalue weighted by atomic mass is 9.78. The van der Waals surface area contributed by atoms with Crippen LogP contribution in [-0.4, -0.2) is 41.1 Å². The van der Waals surface area contributed by atoms with Gasteiger partial charge < -0.3 is 15.3 Å². The Hall–Kier alpha value is -1.26. The normalized spacial score (nSPS) is 26.8. The minimum Gasteiger partial charge on any atom is -0.481 e. The van der Waals surface area contributed by atoms with Gasteiger partial charge in [0, 0.05) is 19.1 Å². The summed E-state index contributed by atoms with van der Waals surface area (Å²) in [5, 5.41) is 11.9. The van der Waals surface area contributed by atoms with Gasteiger partial charge in [-0.3, -0.25) is 4.79 Å². The van der Waals surface area contributed by atoms with Crippen molar-refractivity contribution in [3.8, 4) is 0 Å². The summed E-state index contributed by atoms with van der Waals surface area (Å²) < 4.78 is 0. The number of carbonyl (C=O) groups excluding carboxylic acids is 1. The Balaban J connectivity index is 1.92. The zero-order valence-electron chi connectivity index (χ0n) is 12.5. The van der Waals surface area contributed by atoms with Crippen LogP contribution in [-0.2, 0) is 4.79 Å². The number of amides is 2. The van der Waals surface area contributed by atoms with E-state index in [9.17, 15) is 9.59 Å². The van der Waals surface area contributed by atoms with Gasteiger partial charge in [0.15, 0.2) is 0 Å². The Labute approximate surface area is 120 Å². The second-order valence-electron chi connectivity index (χ2n) is 6.80. The Morgan fingerprint density at radius 1 is 1.20 bits per heavy atom. The molecule has 2 atom stereocenters. The fraction of sp³-hybridized carbons (Fsp3) is 0.867. The van der Waals surface area contributed by atoms with Gasteiger partial charge in [-0.1, -0.05) is 12.8 Å². The van der Waals surface area contributed by atoms with E-state index in [0.29, 0.717) is 12.0 Å². The molecule has 1 saturated carbocycles. The van der Waals surface area contributed by atoms with Crippen LogP contribution in [0.4, 0.5) is 4.79 Å². The standard InChI is InChI=1S/C15H26N2O3/c1-15(2,13(18)19)10-16-14(20)17-9-5-7-11-6-3-4-8-12(11)17/h11-12H,3-10H2,1-2H3,(H,16,20)(H,18,19)/t11-,12-/m1/s1. The highest BCUT2D eigenvalue weighted by atomic mass is 16.4. The summed E-state index contributed by atoms with van der Waals surface area (Å²) in [4.78, 5) is 25.4. The Morgan fingerprint density at radius 3 is 2.55 bits per heavy atom. The summed E-state index contributed by atoms with van der Waals surface area (Å²) >= 11 is 0. The molecule has 1 saturated heterocycles. The van der Waals surface area contributed by atoms with E-state index < -0.39 is 11.4 Å². The van der Waals surface area contributed by atoms with Crippen LogP contribution < -0.4 is 5.32 Å². The van der Waals surface area contributed by atoms with Crippen LogP contribution in [0.5, 0.6) is 0 Å².